The Morgan fingerprint density at radius 2 is 1.86 bits per heavy atom. The summed E-state index contributed by atoms with van der Waals surface area (Å²) in [5.41, 5.74) is 0.582. The monoisotopic (exact) mass is 292 g/mol. The summed E-state index contributed by atoms with van der Waals surface area (Å²) in [6.07, 6.45) is -0.147. The summed E-state index contributed by atoms with van der Waals surface area (Å²) in [6, 6.07) is 4.95. The van der Waals surface area contributed by atoms with Crippen LogP contribution in [0.25, 0.3) is 0 Å². The standard InChI is InChI=1S/C15H20N2O4/c1-9-5-6-10(13(19)16-4)7-11(9)17-12(18)8-15(2,3)14(20)21/h5-7H,8H2,1-4H3,(H,16,19)(H,17,18)(H,20,21). The molecule has 0 spiro atoms. The highest BCUT2D eigenvalue weighted by Gasteiger charge is 2.30. The normalized spacial score (nSPS) is 10.9. The maximum atomic E-state index is 12.0. The average molecular weight is 292 g/mol. The Bertz CT molecular complexity index is 579. The number of carbonyl (C=O) groups excluding carboxylic acids is 2. The molecule has 0 aliphatic rings. The van der Waals surface area contributed by atoms with Crippen LogP contribution in [-0.4, -0.2) is 29.9 Å². The Balaban J connectivity index is 2.90. The van der Waals surface area contributed by atoms with Crippen molar-refractivity contribution in [2.45, 2.75) is 27.2 Å². The summed E-state index contributed by atoms with van der Waals surface area (Å²) >= 11 is 0. The van der Waals surface area contributed by atoms with Gasteiger partial charge in [0.2, 0.25) is 5.91 Å². The van der Waals surface area contributed by atoms with Gasteiger partial charge in [0.15, 0.2) is 0 Å². The lowest BCUT2D eigenvalue weighted by Gasteiger charge is -2.19. The lowest BCUT2D eigenvalue weighted by molar-refractivity contribution is -0.148. The van der Waals surface area contributed by atoms with E-state index in [1.54, 1.807) is 25.1 Å². The van der Waals surface area contributed by atoms with E-state index in [0.29, 0.717) is 11.3 Å². The number of anilines is 1. The van der Waals surface area contributed by atoms with E-state index in [1.807, 2.05) is 0 Å². The molecule has 0 aromatic heterocycles. The van der Waals surface area contributed by atoms with Gasteiger partial charge >= 0.3 is 5.97 Å². The molecular formula is C15H20N2O4. The van der Waals surface area contributed by atoms with Crippen molar-refractivity contribution >= 4 is 23.5 Å². The fraction of sp³-hybridized carbons (Fsp3) is 0.400. The molecule has 0 bridgehead atoms. The Kier molecular flexibility index (Phi) is 5.07. The smallest absolute Gasteiger partial charge is 0.309 e. The minimum absolute atomic E-state index is 0.147. The first-order valence-electron chi connectivity index (χ1n) is 6.53. The molecule has 2 amide bonds. The van der Waals surface area contributed by atoms with Crippen LogP contribution >= 0.6 is 0 Å². The van der Waals surface area contributed by atoms with Crippen molar-refractivity contribution in [2.75, 3.05) is 12.4 Å². The number of nitrogens with one attached hydrogen (secondary N) is 2. The van der Waals surface area contributed by atoms with Gasteiger partial charge in [0, 0.05) is 24.7 Å². The molecule has 1 rings (SSSR count). The SMILES string of the molecule is CNC(=O)c1ccc(C)c(NC(=O)CC(C)(C)C(=O)O)c1. The largest absolute Gasteiger partial charge is 0.481 e. The summed E-state index contributed by atoms with van der Waals surface area (Å²) in [4.78, 5) is 34.6. The van der Waals surface area contributed by atoms with Gasteiger partial charge in [-0.2, -0.15) is 0 Å². The van der Waals surface area contributed by atoms with Crippen molar-refractivity contribution in [3.63, 3.8) is 0 Å². The number of rotatable bonds is 5. The van der Waals surface area contributed by atoms with Crippen molar-refractivity contribution in [2.24, 2.45) is 5.41 Å². The molecule has 0 saturated heterocycles. The third-order valence-electron chi connectivity index (χ3n) is 3.18. The maximum Gasteiger partial charge on any atom is 0.309 e. The first-order chi connectivity index (χ1) is 9.67. The summed E-state index contributed by atoms with van der Waals surface area (Å²) in [6.45, 7) is 4.77. The number of hydrogen-bond donors (Lipinski definition) is 3. The van der Waals surface area contributed by atoms with E-state index < -0.39 is 17.3 Å². The zero-order valence-corrected chi connectivity index (χ0v) is 12.6. The van der Waals surface area contributed by atoms with Gasteiger partial charge in [0.25, 0.3) is 5.91 Å². The number of hydrogen-bond acceptors (Lipinski definition) is 3. The topological polar surface area (TPSA) is 95.5 Å². The molecule has 1 aromatic rings. The van der Waals surface area contributed by atoms with Gasteiger partial charge in [0.1, 0.15) is 0 Å². The molecule has 0 aliphatic carbocycles. The van der Waals surface area contributed by atoms with Gasteiger partial charge in [-0.1, -0.05) is 6.07 Å². The zero-order valence-electron chi connectivity index (χ0n) is 12.6. The number of carbonyl (C=O) groups is 3. The molecule has 0 atom stereocenters. The van der Waals surface area contributed by atoms with Crippen molar-refractivity contribution in [3.05, 3.63) is 29.3 Å². The van der Waals surface area contributed by atoms with Crippen LogP contribution in [-0.2, 0) is 9.59 Å². The lowest BCUT2D eigenvalue weighted by Crippen LogP contribution is -2.29. The second-order valence-electron chi connectivity index (χ2n) is 5.52. The summed E-state index contributed by atoms with van der Waals surface area (Å²) in [5.74, 6) is -1.69. The van der Waals surface area contributed by atoms with E-state index in [-0.39, 0.29) is 12.3 Å². The predicted molar refractivity (Wildman–Crippen MR) is 79.2 cm³/mol. The number of aliphatic carboxylic acids is 1. The maximum absolute atomic E-state index is 12.0. The molecule has 1 aromatic carbocycles. The van der Waals surface area contributed by atoms with Crippen LogP contribution in [0, 0.1) is 12.3 Å². The Morgan fingerprint density at radius 1 is 1.24 bits per heavy atom. The van der Waals surface area contributed by atoms with E-state index in [2.05, 4.69) is 10.6 Å². The van der Waals surface area contributed by atoms with Gasteiger partial charge in [0.05, 0.1) is 5.41 Å². The minimum atomic E-state index is -1.14. The van der Waals surface area contributed by atoms with E-state index >= 15 is 0 Å². The van der Waals surface area contributed by atoms with E-state index in [4.69, 9.17) is 5.11 Å². The summed E-state index contributed by atoms with van der Waals surface area (Å²) < 4.78 is 0. The first-order valence-corrected chi connectivity index (χ1v) is 6.53. The molecule has 6 nitrogen and oxygen atoms in total. The molecule has 6 heteroatoms. The third kappa shape index (κ3) is 4.30. The predicted octanol–water partition coefficient (Wildman–Crippen LogP) is 1.79. The van der Waals surface area contributed by atoms with Crippen molar-refractivity contribution in [1.82, 2.24) is 5.32 Å². The molecule has 0 radical (unpaired) electrons. The number of carboxylic acids is 1. The van der Waals surface area contributed by atoms with Crippen LogP contribution in [0.4, 0.5) is 5.69 Å². The van der Waals surface area contributed by atoms with Gasteiger partial charge in [-0.3, -0.25) is 14.4 Å². The second kappa shape index (κ2) is 6.39. The van der Waals surface area contributed by atoms with E-state index in [9.17, 15) is 14.4 Å². The highest BCUT2D eigenvalue weighted by molar-refractivity contribution is 5.98. The van der Waals surface area contributed by atoms with Crippen LogP contribution in [0.15, 0.2) is 18.2 Å². The second-order valence-corrected chi connectivity index (χ2v) is 5.52. The quantitative estimate of drug-likeness (QED) is 0.771. The molecule has 0 saturated carbocycles. The van der Waals surface area contributed by atoms with Gasteiger partial charge in [-0.25, -0.2) is 0 Å². The average Bonchev–Trinajstić information content (AvgIpc) is 2.39. The lowest BCUT2D eigenvalue weighted by atomic mass is 9.89. The zero-order chi connectivity index (χ0) is 16.2. The van der Waals surface area contributed by atoms with E-state index in [0.717, 1.165) is 5.56 Å². The molecule has 0 unspecified atom stereocenters. The number of amides is 2. The number of carboxylic acid groups (broad SMARTS) is 1. The first kappa shape index (κ1) is 16.7. The van der Waals surface area contributed by atoms with Crippen LogP contribution in [0.1, 0.15) is 36.2 Å². The van der Waals surface area contributed by atoms with Crippen LogP contribution in [0.5, 0.6) is 0 Å². The van der Waals surface area contributed by atoms with Gasteiger partial charge in [-0.15, -0.1) is 0 Å². The van der Waals surface area contributed by atoms with Crippen LogP contribution < -0.4 is 10.6 Å². The molecule has 3 N–H and O–H groups in total. The molecule has 0 fully saturated rings. The van der Waals surface area contributed by atoms with Crippen molar-refractivity contribution < 1.29 is 19.5 Å². The minimum Gasteiger partial charge on any atom is -0.481 e. The van der Waals surface area contributed by atoms with E-state index in [1.165, 1.54) is 20.9 Å². The Morgan fingerprint density at radius 3 is 2.38 bits per heavy atom. The van der Waals surface area contributed by atoms with Crippen molar-refractivity contribution in [1.29, 1.82) is 0 Å². The fourth-order valence-electron chi connectivity index (χ4n) is 1.71. The van der Waals surface area contributed by atoms with Crippen LogP contribution in [0.2, 0.25) is 0 Å². The Hall–Kier alpha value is -2.37. The fourth-order valence-corrected chi connectivity index (χ4v) is 1.71. The summed E-state index contributed by atoms with van der Waals surface area (Å²) in [7, 11) is 1.52. The Labute approximate surface area is 123 Å². The molecule has 0 heterocycles. The van der Waals surface area contributed by atoms with Crippen LogP contribution in [0.3, 0.4) is 0 Å². The number of benzene rings is 1. The molecule has 21 heavy (non-hydrogen) atoms. The van der Waals surface area contributed by atoms with Gasteiger partial charge in [-0.05, 0) is 38.5 Å². The molecular weight excluding hydrogens is 272 g/mol. The summed E-state index contributed by atoms with van der Waals surface area (Å²) in [5, 5.41) is 14.2. The van der Waals surface area contributed by atoms with Gasteiger partial charge < -0.3 is 15.7 Å². The molecule has 114 valence electrons. The highest BCUT2D eigenvalue weighted by Crippen LogP contribution is 2.23. The highest BCUT2D eigenvalue weighted by atomic mass is 16.4. The van der Waals surface area contributed by atoms with Crippen molar-refractivity contribution in [3.8, 4) is 0 Å². The third-order valence-corrected chi connectivity index (χ3v) is 3.18. The number of aryl methyl sites for hydroxylation is 1. The molecule has 0 aliphatic heterocycles.